The summed E-state index contributed by atoms with van der Waals surface area (Å²) < 4.78 is 0. The van der Waals surface area contributed by atoms with E-state index in [4.69, 9.17) is 0 Å². The van der Waals surface area contributed by atoms with Crippen LogP contribution >= 0.6 is 0 Å². The summed E-state index contributed by atoms with van der Waals surface area (Å²) in [5, 5.41) is 0. The first-order chi connectivity index (χ1) is 0. The maximum Gasteiger partial charge on any atom is 3.00 e. The molecule has 0 fully saturated rings. The van der Waals surface area contributed by atoms with Crippen LogP contribution < -0.4 is 0 Å². The van der Waals surface area contributed by atoms with E-state index in [9.17, 15) is 0 Å². The first-order valence-corrected chi connectivity index (χ1v) is 0. The Hall–Kier alpha value is 3.66. The predicted molar refractivity (Wildman–Crippen MR) is 19.3 cm³/mol. The molecule has 8 heavy (non-hydrogen) atoms. The fourth-order valence-corrected chi connectivity index (χ4v) is 0. The average molecular weight is 505 g/mol. The molecule has 0 aromatic carbocycles. The van der Waals surface area contributed by atoms with Gasteiger partial charge in [0.25, 0.3) is 0 Å². The molecule has 0 spiro atoms. The molecule has 0 amide bonds. The number of hydrogen-bond acceptors (Lipinski definition) is 4. The second kappa shape index (κ2) is 74.3. The van der Waals surface area contributed by atoms with E-state index in [2.05, 4.69) is 0 Å². The van der Waals surface area contributed by atoms with Gasteiger partial charge in [-0.25, -0.2) is 0 Å². The molecule has 0 unspecified atom stereocenters. The van der Waals surface area contributed by atoms with E-state index in [0.29, 0.717) is 0 Å². The second-order valence-electron chi connectivity index (χ2n) is 0. The molecule has 0 bridgehead atoms. The molecule has 3 radical (unpaired) electrons. The van der Waals surface area contributed by atoms with Crippen molar-refractivity contribution in [1.82, 2.24) is 0 Å². The molecule has 0 saturated carbocycles. The fraction of sp³-hybridized carbons (Fsp3) is 0. The van der Waals surface area contributed by atoms with Gasteiger partial charge in [-0.3, -0.25) is 0 Å². The molecule has 0 aliphatic carbocycles. The van der Waals surface area contributed by atoms with Crippen LogP contribution in [-0.2, 0) is 44.1 Å². The molecule has 0 aliphatic rings. The van der Waals surface area contributed by atoms with Gasteiger partial charge in [0.05, 0.1) is 0 Å². The van der Waals surface area contributed by atoms with Crippen LogP contribution in [0.4, 0.5) is 0 Å². The quantitative estimate of drug-likeness (QED) is 0.373. The molecular weight excluding hydrogens is 501 g/mol. The number of hydrogen-bond donors (Lipinski definition) is 0. The van der Waals surface area contributed by atoms with Crippen LogP contribution in [-0.4, -0.2) is 93.6 Å². The van der Waals surface area contributed by atoms with Crippen LogP contribution in [0.3, 0.4) is 0 Å². The standard InChI is InChI=1S/Bi.Nb.4H2O.Sr.Ti/h;;4*1H2;;/q+3;+2;;;;;+2;/p-4. The maximum atomic E-state index is 0. The van der Waals surface area contributed by atoms with E-state index < -0.39 is 0 Å². The molecule has 0 aliphatic heterocycles. The van der Waals surface area contributed by atoms with Crippen molar-refractivity contribution in [2.24, 2.45) is 0 Å². The third kappa shape index (κ3) is 54.1. The number of rotatable bonds is 0. The smallest absolute Gasteiger partial charge is 0.870 e. The maximum absolute atomic E-state index is 0. The van der Waals surface area contributed by atoms with Crippen molar-refractivity contribution in [2.45, 2.75) is 0 Å². The van der Waals surface area contributed by atoms with Gasteiger partial charge in [-0.05, 0) is 0 Å². The van der Waals surface area contributed by atoms with Crippen molar-refractivity contribution in [2.75, 3.05) is 0 Å². The molecule has 0 saturated heterocycles. The molecule has 4 nitrogen and oxygen atoms in total. The Labute approximate surface area is 135 Å². The van der Waals surface area contributed by atoms with Crippen molar-refractivity contribution in [3.8, 4) is 0 Å². The van der Waals surface area contributed by atoms with Gasteiger partial charge >= 0.3 is 94.1 Å². The summed E-state index contributed by atoms with van der Waals surface area (Å²) in [6.45, 7) is 0. The van der Waals surface area contributed by atoms with Gasteiger partial charge in [-0.15, -0.1) is 0 Å². The Morgan fingerprint density at radius 1 is 0.625 bits per heavy atom. The molecule has 0 aromatic heterocycles. The predicted octanol–water partition coefficient (Wildman–Crippen LogP) is -1.47. The monoisotopic (exact) mass is 506 g/mol. The molecule has 41 valence electrons. The minimum atomic E-state index is 0. The Balaban J connectivity index is 0. The van der Waals surface area contributed by atoms with Gasteiger partial charge in [0.1, 0.15) is 0 Å². The molecular formula is H4BiNbO4SrTi+3. The van der Waals surface area contributed by atoms with Gasteiger partial charge in [-0.2, -0.15) is 0 Å². The summed E-state index contributed by atoms with van der Waals surface area (Å²) in [5.41, 5.74) is 0. The topological polar surface area (TPSA) is 120 Å². The van der Waals surface area contributed by atoms with E-state index in [0.717, 1.165) is 0 Å². The van der Waals surface area contributed by atoms with E-state index in [1.165, 1.54) is 0 Å². The summed E-state index contributed by atoms with van der Waals surface area (Å²) >= 11 is 0. The van der Waals surface area contributed by atoms with Crippen molar-refractivity contribution in [3.63, 3.8) is 0 Å². The van der Waals surface area contributed by atoms with Crippen molar-refractivity contribution >= 4 is 71.7 Å². The van der Waals surface area contributed by atoms with Crippen LogP contribution in [0.25, 0.3) is 0 Å². The minimum absolute atomic E-state index is 0. The molecule has 0 atom stereocenters. The zero-order valence-corrected chi connectivity index (χ0v) is 14.6. The summed E-state index contributed by atoms with van der Waals surface area (Å²) in [7, 11) is 0. The van der Waals surface area contributed by atoms with Gasteiger partial charge in [0, 0.05) is 21.7 Å². The first kappa shape index (κ1) is 99.0. The van der Waals surface area contributed by atoms with Crippen LogP contribution in [0.5, 0.6) is 0 Å². The summed E-state index contributed by atoms with van der Waals surface area (Å²) in [5.74, 6) is 0. The first-order valence-electron chi connectivity index (χ1n) is 0. The van der Waals surface area contributed by atoms with E-state index in [1.807, 2.05) is 0 Å². The van der Waals surface area contributed by atoms with Crippen LogP contribution in [0.1, 0.15) is 0 Å². The fourth-order valence-electron chi connectivity index (χ4n) is 0. The van der Waals surface area contributed by atoms with Gasteiger partial charge in [-0.1, -0.05) is 0 Å². The van der Waals surface area contributed by atoms with Crippen LogP contribution in [0.2, 0.25) is 0 Å². The Morgan fingerprint density at radius 3 is 0.625 bits per heavy atom. The third-order valence-corrected chi connectivity index (χ3v) is 0. The molecule has 0 aromatic rings. The van der Waals surface area contributed by atoms with Crippen molar-refractivity contribution in [1.29, 1.82) is 0 Å². The molecule has 4 N–H and O–H groups in total. The van der Waals surface area contributed by atoms with Crippen molar-refractivity contribution in [3.05, 3.63) is 0 Å². The second-order valence-corrected chi connectivity index (χ2v) is 0. The zero-order chi connectivity index (χ0) is 0. The minimum Gasteiger partial charge on any atom is -0.870 e. The van der Waals surface area contributed by atoms with E-state index in [-0.39, 0.29) is 138 Å². The largest absolute Gasteiger partial charge is 3.00 e. The van der Waals surface area contributed by atoms with Crippen LogP contribution in [0.15, 0.2) is 0 Å². The van der Waals surface area contributed by atoms with Crippen molar-refractivity contribution < 1.29 is 66.0 Å². The van der Waals surface area contributed by atoms with Gasteiger partial charge < -0.3 is 21.9 Å². The Bertz CT molecular complexity index is 16.0. The summed E-state index contributed by atoms with van der Waals surface area (Å²) in [4.78, 5) is 0. The Kier molecular flexibility index (Phi) is 919. The Morgan fingerprint density at radius 2 is 0.625 bits per heavy atom. The SMILES string of the molecule is [Bi+3].[Nb+2].[OH-].[OH-].[OH-].[OH-].[Sr+2].[Ti]. The third-order valence-electron chi connectivity index (χ3n) is 0. The van der Waals surface area contributed by atoms with Gasteiger partial charge in [0.2, 0.25) is 0 Å². The normalized spacial score (nSPS) is 0. The van der Waals surface area contributed by atoms with E-state index in [1.54, 1.807) is 0 Å². The zero-order valence-electron chi connectivity index (χ0n) is 3.89. The average Bonchev–Trinajstić information content (AvgIpc) is 0. The molecule has 8 heteroatoms. The molecule has 0 heterocycles. The van der Waals surface area contributed by atoms with Gasteiger partial charge in [0.15, 0.2) is 0 Å². The summed E-state index contributed by atoms with van der Waals surface area (Å²) in [6, 6.07) is 0. The summed E-state index contributed by atoms with van der Waals surface area (Å²) in [6.07, 6.45) is 0. The van der Waals surface area contributed by atoms with Crippen LogP contribution in [0, 0.1) is 0 Å². The van der Waals surface area contributed by atoms with E-state index >= 15 is 0 Å². The molecule has 0 rings (SSSR count).